The first-order chi connectivity index (χ1) is 19.1. The molecule has 0 spiro atoms. The van der Waals surface area contributed by atoms with Crippen LogP contribution < -0.4 is 5.73 Å². The van der Waals surface area contributed by atoms with E-state index in [2.05, 4.69) is 15.0 Å². The van der Waals surface area contributed by atoms with Crippen molar-refractivity contribution in [2.45, 2.75) is 47.3 Å². The van der Waals surface area contributed by atoms with Gasteiger partial charge < -0.3 is 34.7 Å². The largest absolute Gasteiger partial charge is 0.478 e. The molecular formula is C23H34N5O12P. The zero-order chi connectivity index (χ0) is 31.2. The topological polar surface area (TPSA) is 242 Å². The first-order valence-corrected chi connectivity index (χ1v) is 13.8. The Balaban J connectivity index is 0.000000915. The molecule has 0 aliphatic heterocycles. The molecule has 2 aromatic heterocycles. The molecule has 0 unspecified atom stereocenters. The summed E-state index contributed by atoms with van der Waals surface area (Å²) in [5.74, 6) is -4.10. The van der Waals surface area contributed by atoms with Gasteiger partial charge in [0, 0.05) is 12.2 Å². The molecule has 0 aliphatic rings. The van der Waals surface area contributed by atoms with Gasteiger partial charge in [-0.25, -0.2) is 24.5 Å². The van der Waals surface area contributed by atoms with Crippen LogP contribution in [0.25, 0.3) is 11.2 Å². The number of nitrogen functional groups attached to an aromatic ring is 1. The van der Waals surface area contributed by atoms with Gasteiger partial charge in [-0.05, 0) is 6.92 Å². The molecule has 2 aromatic rings. The zero-order valence-electron chi connectivity index (χ0n) is 23.2. The van der Waals surface area contributed by atoms with Gasteiger partial charge in [-0.2, -0.15) is 0 Å². The van der Waals surface area contributed by atoms with Gasteiger partial charge in [0.2, 0.25) is 13.6 Å². The molecule has 2 heterocycles. The van der Waals surface area contributed by atoms with E-state index in [1.54, 1.807) is 45.5 Å². The van der Waals surface area contributed by atoms with Crippen molar-refractivity contribution in [3.8, 4) is 0 Å². The van der Waals surface area contributed by atoms with Crippen LogP contribution in [-0.2, 0) is 53.5 Å². The third-order valence-corrected chi connectivity index (χ3v) is 6.08. The molecule has 0 saturated heterocycles. The predicted octanol–water partition coefficient (Wildman–Crippen LogP) is 2.02. The fourth-order valence-corrected chi connectivity index (χ4v) is 3.59. The van der Waals surface area contributed by atoms with Crippen LogP contribution in [-0.4, -0.2) is 79.6 Å². The number of fused-ring (bicyclic) bond motifs is 1. The number of ether oxygens (including phenoxy) is 3. The van der Waals surface area contributed by atoms with Crippen LogP contribution in [0.15, 0.2) is 24.8 Å². The fraction of sp³-hybridized carbons (Fsp3) is 0.522. The maximum atomic E-state index is 13.1. The maximum Gasteiger partial charge on any atom is 0.361 e. The van der Waals surface area contributed by atoms with E-state index in [0.717, 1.165) is 0 Å². The summed E-state index contributed by atoms with van der Waals surface area (Å²) in [6, 6.07) is 0. The minimum atomic E-state index is -3.94. The highest BCUT2D eigenvalue weighted by Gasteiger charge is 2.29. The summed E-state index contributed by atoms with van der Waals surface area (Å²) in [5.41, 5.74) is 6.77. The number of rotatable bonds is 15. The number of hydrogen-bond acceptors (Lipinski definition) is 14. The van der Waals surface area contributed by atoms with Crippen LogP contribution in [0, 0.1) is 11.8 Å². The standard InChI is InChI=1S/C19H30N5O8P.C4H4O4/c1-12(2)18(25)28-9-31-33(27,32-10-29-19(26)13(3)4)11-30-14(5)6-24-8-23-15-16(20)21-7-22-17(15)24;5-3(6)1-2-4(7)8/h7-8,12-14H,6,9-11H2,1-5H3,(H2,20,21,22);1-2H,(H,5,6)(H,7,8)/b;2-1-/t14-;/m1./s1. The highest BCUT2D eigenvalue weighted by molar-refractivity contribution is 7.53. The quantitative estimate of drug-likeness (QED) is 0.114. The molecule has 17 nitrogen and oxygen atoms in total. The number of nitrogens with two attached hydrogens (primary N) is 1. The second-order valence-corrected chi connectivity index (χ2v) is 10.8. The van der Waals surface area contributed by atoms with Crippen molar-refractivity contribution in [1.29, 1.82) is 0 Å². The fourth-order valence-electron chi connectivity index (χ4n) is 2.50. The molecule has 2 rings (SSSR count). The molecule has 228 valence electrons. The summed E-state index contributed by atoms with van der Waals surface area (Å²) in [5, 5.41) is 15.6. The summed E-state index contributed by atoms with van der Waals surface area (Å²) in [7, 11) is -3.94. The Morgan fingerprint density at radius 1 is 0.927 bits per heavy atom. The Hall–Kier alpha value is -3.92. The second kappa shape index (κ2) is 17.0. The van der Waals surface area contributed by atoms with E-state index < -0.39 is 57.5 Å². The summed E-state index contributed by atoms with van der Waals surface area (Å²) in [6.45, 7) is 7.41. The van der Waals surface area contributed by atoms with Crippen LogP contribution in [0.3, 0.4) is 0 Å². The lowest BCUT2D eigenvalue weighted by molar-refractivity contribution is -0.156. The van der Waals surface area contributed by atoms with Crippen molar-refractivity contribution < 1.29 is 57.2 Å². The van der Waals surface area contributed by atoms with Gasteiger partial charge >= 0.3 is 31.5 Å². The molecule has 0 aliphatic carbocycles. The smallest absolute Gasteiger partial charge is 0.361 e. The van der Waals surface area contributed by atoms with E-state index in [4.69, 9.17) is 39.2 Å². The summed E-state index contributed by atoms with van der Waals surface area (Å²) < 4.78 is 40.6. The monoisotopic (exact) mass is 603 g/mol. The highest BCUT2D eigenvalue weighted by Crippen LogP contribution is 2.48. The molecular weight excluding hydrogens is 569 g/mol. The van der Waals surface area contributed by atoms with Crippen LogP contribution in [0.4, 0.5) is 5.82 Å². The molecule has 0 bridgehead atoms. The molecule has 4 N–H and O–H groups in total. The van der Waals surface area contributed by atoms with Crippen LogP contribution in [0.2, 0.25) is 0 Å². The highest BCUT2D eigenvalue weighted by atomic mass is 31.2. The zero-order valence-corrected chi connectivity index (χ0v) is 24.1. The molecule has 41 heavy (non-hydrogen) atoms. The Morgan fingerprint density at radius 2 is 1.44 bits per heavy atom. The van der Waals surface area contributed by atoms with Gasteiger partial charge in [0.1, 0.15) is 18.2 Å². The average molecular weight is 604 g/mol. The molecule has 0 saturated carbocycles. The summed E-state index contributed by atoms with van der Waals surface area (Å²) in [6.07, 6.45) is 3.03. The number of aromatic nitrogens is 4. The number of imidazole rings is 1. The molecule has 18 heteroatoms. The van der Waals surface area contributed by atoms with Gasteiger partial charge in [-0.1, -0.05) is 27.7 Å². The second-order valence-electron chi connectivity index (χ2n) is 8.79. The lowest BCUT2D eigenvalue weighted by atomic mass is 10.2. The number of hydrogen-bond donors (Lipinski definition) is 3. The van der Waals surface area contributed by atoms with E-state index in [-0.39, 0.29) is 17.7 Å². The molecule has 0 aromatic carbocycles. The van der Waals surface area contributed by atoms with E-state index in [1.807, 2.05) is 0 Å². The Labute approximate surface area is 235 Å². The maximum absolute atomic E-state index is 13.1. The van der Waals surface area contributed by atoms with Gasteiger partial charge in [-0.15, -0.1) is 0 Å². The number of nitrogens with zero attached hydrogens (tertiary/aromatic N) is 4. The SMILES string of the molecule is CC(C)C(=O)OCOP(=O)(CO[C@H](C)Cn1cnc2c(N)ncnc21)OCOC(=O)C(C)C.O=C(O)/C=C\C(=O)O. The lowest BCUT2D eigenvalue weighted by Crippen LogP contribution is -2.20. The third-order valence-electron chi connectivity index (χ3n) is 4.61. The number of esters is 2. The summed E-state index contributed by atoms with van der Waals surface area (Å²) in [4.78, 5) is 54.6. The normalized spacial score (nSPS) is 12.3. The summed E-state index contributed by atoms with van der Waals surface area (Å²) >= 11 is 0. The Morgan fingerprint density at radius 3 is 1.90 bits per heavy atom. The van der Waals surface area contributed by atoms with Crippen molar-refractivity contribution in [3.05, 3.63) is 24.8 Å². The van der Waals surface area contributed by atoms with Crippen LogP contribution >= 0.6 is 7.60 Å². The van der Waals surface area contributed by atoms with Crippen molar-refractivity contribution in [3.63, 3.8) is 0 Å². The first kappa shape index (κ1) is 35.1. The Kier molecular flexibility index (Phi) is 14.6. The molecule has 0 radical (unpaired) electrons. The van der Waals surface area contributed by atoms with E-state index in [9.17, 15) is 23.7 Å². The molecule has 0 amide bonds. The van der Waals surface area contributed by atoms with Crippen LogP contribution in [0.5, 0.6) is 0 Å². The first-order valence-electron chi connectivity index (χ1n) is 12.0. The number of carboxylic acid groups (broad SMARTS) is 2. The average Bonchev–Trinajstić information content (AvgIpc) is 3.30. The van der Waals surface area contributed by atoms with Gasteiger partial charge in [0.25, 0.3) is 0 Å². The van der Waals surface area contributed by atoms with E-state index >= 15 is 0 Å². The van der Waals surface area contributed by atoms with E-state index in [1.165, 1.54) is 6.33 Å². The van der Waals surface area contributed by atoms with Crippen molar-refractivity contribution >= 4 is 48.5 Å². The molecule has 0 fully saturated rings. The van der Waals surface area contributed by atoms with Crippen molar-refractivity contribution in [2.24, 2.45) is 11.8 Å². The number of aliphatic carboxylic acids is 2. The van der Waals surface area contributed by atoms with Crippen molar-refractivity contribution in [1.82, 2.24) is 19.5 Å². The minimum Gasteiger partial charge on any atom is -0.478 e. The number of carbonyl (C=O) groups is 4. The van der Waals surface area contributed by atoms with Crippen LogP contribution in [0.1, 0.15) is 34.6 Å². The van der Waals surface area contributed by atoms with Gasteiger partial charge in [0.15, 0.2) is 11.5 Å². The Bertz CT molecular complexity index is 1220. The number of anilines is 1. The predicted molar refractivity (Wildman–Crippen MR) is 141 cm³/mol. The number of carboxylic acids is 2. The van der Waals surface area contributed by atoms with Gasteiger partial charge in [-0.3, -0.25) is 23.2 Å². The number of carbonyl (C=O) groups excluding carboxylic acids is 2. The molecule has 1 atom stereocenters. The minimum absolute atomic E-state index is 0.255. The van der Waals surface area contributed by atoms with Crippen molar-refractivity contribution in [2.75, 3.05) is 25.7 Å². The van der Waals surface area contributed by atoms with E-state index in [0.29, 0.717) is 29.9 Å². The lowest BCUT2D eigenvalue weighted by Gasteiger charge is -2.21. The van der Waals surface area contributed by atoms with Gasteiger partial charge in [0.05, 0.1) is 30.8 Å². The third kappa shape index (κ3) is 13.3.